The van der Waals surface area contributed by atoms with Crippen molar-refractivity contribution in [2.75, 3.05) is 18.6 Å². The fraction of sp³-hybridized carbons (Fsp3) is 0.400. The number of thiazole rings is 1. The van der Waals surface area contributed by atoms with Gasteiger partial charge >= 0.3 is 0 Å². The minimum atomic E-state index is -0.423. The molecule has 2 aromatic heterocycles. The van der Waals surface area contributed by atoms with Gasteiger partial charge in [0.2, 0.25) is 5.91 Å². The molecule has 1 atom stereocenters. The Bertz CT molecular complexity index is 598. The van der Waals surface area contributed by atoms with Gasteiger partial charge in [-0.3, -0.25) is 9.78 Å². The molecule has 2 rings (SSSR count). The van der Waals surface area contributed by atoms with E-state index in [0.29, 0.717) is 19.4 Å². The van der Waals surface area contributed by atoms with E-state index in [4.69, 9.17) is 5.73 Å². The van der Waals surface area contributed by atoms with E-state index in [0.717, 1.165) is 22.1 Å². The van der Waals surface area contributed by atoms with Gasteiger partial charge in [0.15, 0.2) is 0 Å². The molecule has 3 N–H and O–H groups in total. The maximum Gasteiger partial charge on any atom is 0.236 e. The first-order chi connectivity index (χ1) is 10.7. The van der Waals surface area contributed by atoms with Gasteiger partial charge in [0.1, 0.15) is 0 Å². The SMILES string of the molecule is CSCC[C@H](N)C(=O)NCCc1nc(-c2ccccn2)cs1.Cl.Cl. The molecule has 0 saturated carbocycles. The number of thioether (sulfide) groups is 1. The molecular weight excluding hydrogens is 387 g/mol. The van der Waals surface area contributed by atoms with Crippen LogP contribution in [0.1, 0.15) is 11.4 Å². The molecule has 134 valence electrons. The number of hydrogen-bond donors (Lipinski definition) is 2. The number of hydrogen-bond acceptors (Lipinski definition) is 6. The van der Waals surface area contributed by atoms with Crippen molar-refractivity contribution in [1.29, 1.82) is 0 Å². The molecule has 0 spiro atoms. The Morgan fingerprint density at radius 3 is 2.83 bits per heavy atom. The Labute approximate surface area is 163 Å². The van der Waals surface area contributed by atoms with Crippen molar-refractivity contribution in [2.45, 2.75) is 18.9 Å². The predicted molar refractivity (Wildman–Crippen MR) is 108 cm³/mol. The van der Waals surface area contributed by atoms with Crippen LogP contribution in [0.4, 0.5) is 0 Å². The Kier molecular flexibility index (Phi) is 12.0. The lowest BCUT2D eigenvalue weighted by Crippen LogP contribution is -2.41. The first-order valence-electron chi connectivity index (χ1n) is 7.08. The van der Waals surface area contributed by atoms with Gasteiger partial charge in [0, 0.05) is 24.5 Å². The van der Waals surface area contributed by atoms with E-state index in [-0.39, 0.29) is 30.7 Å². The number of nitrogens with two attached hydrogens (primary N) is 1. The van der Waals surface area contributed by atoms with Crippen molar-refractivity contribution >= 4 is 53.8 Å². The van der Waals surface area contributed by atoms with Crippen molar-refractivity contribution in [2.24, 2.45) is 5.73 Å². The average molecular weight is 409 g/mol. The van der Waals surface area contributed by atoms with E-state index in [1.807, 2.05) is 29.8 Å². The first-order valence-corrected chi connectivity index (χ1v) is 9.36. The fourth-order valence-electron chi connectivity index (χ4n) is 1.86. The number of pyridine rings is 1. The normalized spacial score (nSPS) is 11.1. The van der Waals surface area contributed by atoms with Gasteiger partial charge in [-0.25, -0.2) is 4.98 Å². The third-order valence-corrected chi connectivity index (χ3v) is 4.64. The Morgan fingerprint density at radius 2 is 2.17 bits per heavy atom. The Morgan fingerprint density at radius 1 is 1.38 bits per heavy atom. The zero-order chi connectivity index (χ0) is 15.8. The van der Waals surface area contributed by atoms with Crippen molar-refractivity contribution in [3.63, 3.8) is 0 Å². The molecule has 0 fully saturated rings. The molecule has 0 radical (unpaired) electrons. The fourth-order valence-corrected chi connectivity index (χ4v) is 3.14. The molecular formula is C15H22Cl2N4OS2. The molecule has 0 aliphatic rings. The van der Waals surface area contributed by atoms with Crippen LogP contribution >= 0.6 is 47.9 Å². The quantitative estimate of drug-likeness (QED) is 0.701. The molecule has 9 heteroatoms. The number of carbonyl (C=O) groups excluding carboxylic acids is 1. The second-order valence-electron chi connectivity index (χ2n) is 4.77. The molecule has 5 nitrogen and oxygen atoms in total. The third-order valence-electron chi connectivity index (χ3n) is 3.09. The largest absolute Gasteiger partial charge is 0.354 e. The molecule has 2 aromatic rings. The minimum Gasteiger partial charge on any atom is -0.354 e. The van der Waals surface area contributed by atoms with Crippen LogP contribution in [0.25, 0.3) is 11.4 Å². The van der Waals surface area contributed by atoms with Gasteiger partial charge in [-0.15, -0.1) is 36.2 Å². The van der Waals surface area contributed by atoms with Gasteiger partial charge in [0.25, 0.3) is 0 Å². The summed E-state index contributed by atoms with van der Waals surface area (Å²) in [4.78, 5) is 20.6. The first kappa shape index (κ1) is 23.1. The van der Waals surface area contributed by atoms with E-state index in [1.54, 1.807) is 29.3 Å². The number of rotatable bonds is 8. The van der Waals surface area contributed by atoms with Crippen LogP contribution in [0.15, 0.2) is 29.8 Å². The molecule has 0 aliphatic carbocycles. The van der Waals surface area contributed by atoms with Crippen LogP contribution in [0.5, 0.6) is 0 Å². The standard InChI is InChI=1S/C15H20N4OS2.2ClH/c1-21-9-6-11(16)15(20)18-8-5-14-19-13(10-22-14)12-4-2-3-7-17-12;;/h2-4,7,10-11H,5-6,8-9,16H2,1H3,(H,18,20);2*1H/t11-;;/m0../s1. The van der Waals surface area contributed by atoms with E-state index >= 15 is 0 Å². The lowest BCUT2D eigenvalue weighted by molar-refractivity contribution is -0.122. The summed E-state index contributed by atoms with van der Waals surface area (Å²) in [5, 5.41) is 5.84. The predicted octanol–water partition coefficient (Wildman–Crippen LogP) is 2.79. The second kappa shape index (κ2) is 12.5. The van der Waals surface area contributed by atoms with Crippen LogP contribution in [-0.4, -0.2) is 40.5 Å². The summed E-state index contributed by atoms with van der Waals surface area (Å²) < 4.78 is 0. The number of carbonyl (C=O) groups is 1. The van der Waals surface area contributed by atoms with E-state index in [1.165, 1.54) is 0 Å². The summed E-state index contributed by atoms with van der Waals surface area (Å²) in [6.45, 7) is 0.557. The lowest BCUT2D eigenvalue weighted by Gasteiger charge is -2.10. The number of nitrogens with one attached hydrogen (secondary N) is 1. The Balaban J connectivity index is 0.00000264. The van der Waals surface area contributed by atoms with Crippen LogP contribution < -0.4 is 11.1 Å². The van der Waals surface area contributed by atoms with Crippen molar-refractivity contribution in [1.82, 2.24) is 15.3 Å². The van der Waals surface area contributed by atoms with E-state index in [2.05, 4.69) is 15.3 Å². The molecule has 0 saturated heterocycles. The monoisotopic (exact) mass is 408 g/mol. The minimum absolute atomic E-state index is 0. The summed E-state index contributed by atoms with van der Waals surface area (Å²) in [6, 6.07) is 5.34. The third kappa shape index (κ3) is 7.36. The number of nitrogens with zero attached hydrogens (tertiary/aromatic N) is 2. The van der Waals surface area contributed by atoms with E-state index in [9.17, 15) is 4.79 Å². The zero-order valence-electron chi connectivity index (χ0n) is 13.3. The highest BCUT2D eigenvalue weighted by Crippen LogP contribution is 2.19. The molecule has 2 heterocycles. The van der Waals surface area contributed by atoms with Gasteiger partial charge in [-0.05, 0) is 30.6 Å². The highest BCUT2D eigenvalue weighted by molar-refractivity contribution is 7.98. The number of amides is 1. The summed E-state index contributed by atoms with van der Waals surface area (Å²) in [5.74, 6) is 0.810. The summed E-state index contributed by atoms with van der Waals surface area (Å²) in [6.07, 6.45) is 5.17. The highest BCUT2D eigenvalue weighted by Gasteiger charge is 2.12. The zero-order valence-corrected chi connectivity index (χ0v) is 16.6. The molecule has 24 heavy (non-hydrogen) atoms. The smallest absolute Gasteiger partial charge is 0.236 e. The second-order valence-corrected chi connectivity index (χ2v) is 6.70. The van der Waals surface area contributed by atoms with Crippen LogP contribution in [-0.2, 0) is 11.2 Å². The molecule has 0 aliphatic heterocycles. The van der Waals surface area contributed by atoms with Crippen molar-refractivity contribution < 1.29 is 4.79 Å². The van der Waals surface area contributed by atoms with E-state index < -0.39 is 6.04 Å². The van der Waals surface area contributed by atoms with Crippen molar-refractivity contribution in [3.8, 4) is 11.4 Å². The van der Waals surface area contributed by atoms with Gasteiger partial charge in [-0.1, -0.05) is 6.07 Å². The van der Waals surface area contributed by atoms with Gasteiger partial charge in [-0.2, -0.15) is 11.8 Å². The maximum atomic E-state index is 11.8. The maximum absolute atomic E-state index is 11.8. The van der Waals surface area contributed by atoms with Crippen LogP contribution in [0, 0.1) is 0 Å². The molecule has 0 bridgehead atoms. The number of halogens is 2. The topological polar surface area (TPSA) is 80.9 Å². The van der Waals surface area contributed by atoms with Crippen LogP contribution in [0.3, 0.4) is 0 Å². The van der Waals surface area contributed by atoms with Gasteiger partial charge in [0.05, 0.1) is 22.4 Å². The Hall–Kier alpha value is -0.860. The molecule has 0 unspecified atom stereocenters. The number of aromatic nitrogens is 2. The van der Waals surface area contributed by atoms with Crippen molar-refractivity contribution in [3.05, 3.63) is 34.8 Å². The highest BCUT2D eigenvalue weighted by atomic mass is 35.5. The summed E-state index contributed by atoms with van der Waals surface area (Å²) in [5.41, 5.74) is 7.56. The van der Waals surface area contributed by atoms with Crippen LogP contribution in [0.2, 0.25) is 0 Å². The van der Waals surface area contributed by atoms with Gasteiger partial charge < -0.3 is 11.1 Å². The average Bonchev–Trinajstić information content (AvgIpc) is 3.02. The molecule has 1 amide bonds. The molecule has 0 aromatic carbocycles. The summed E-state index contributed by atoms with van der Waals surface area (Å²) in [7, 11) is 0. The lowest BCUT2D eigenvalue weighted by atomic mass is 10.2. The summed E-state index contributed by atoms with van der Waals surface area (Å²) >= 11 is 3.28.